The van der Waals surface area contributed by atoms with E-state index in [1.165, 1.54) is 12.8 Å². The van der Waals surface area contributed by atoms with Gasteiger partial charge in [-0.15, -0.1) is 0 Å². The molecule has 1 aromatic carbocycles. The Hall–Kier alpha value is -2.70. The highest BCUT2D eigenvalue weighted by molar-refractivity contribution is 5.90. The molecule has 1 N–H and O–H groups in total. The van der Waals surface area contributed by atoms with Gasteiger partial charge in [0.2, 0.25) is 6.79 Å². The number of benzene rings is 1. The summed E-state index contributed by atoms with van der Waals surface area (Å²) in [5.74, 6) is 1.51. The van der Waals surface area contributed by atoms with Crippen molar-refractivity contribution in [2.45, 2.75) is 45.2 Å². The summed E-state index contributed by atoms with van der Waals surface area (Å²) in [5.41, 5.74) is 2.61. The summed E-state index contributed by atoms with van der Waals surface area (Å²) in [6.07, 6.45) is 6.26. The van der Waals surface area contributed by atoms with Gasteiger partial charge in [0.25, 0.3) is 0 Å². The number of hydrogen-bond acceptors (Lipinski definition) is 4. The van der Waals surface area contributed by atoms with Gasteiger partial charge in [0.05, 0.1) is 11.4 Å². The van der Waals surface area contributed by atoms with Crippen LogP contribution in [0.15, 0.2) is 24.4 Å². The molecule has 2 aromatic rings. The first-order chi connectivity index (χ1) is 12.6. The van der Waals surface area contributed by atoms with Crippen molar-refractivity contribution in [2.75, 3.05) is 12.1 Å². The zero-order chi connectivity index (χ0) is 18.1. The fourth-order valence-corrected chi connectivity index (χ4v) is 3.73. The Bertz CT molecular complexity index is 811. The van der Waals surface area contributed by atoms with Crippen molar-refractivity contribution < 1.29 is 14.3 Å². The molecule has 1 saturated carbocycles. The van der Waals surface area contributed by atoms with Gasteiger partial charge in [-0.1, -0.05) is 18.9 Å². The number of carbonyl (C=O) groups excluding carboxylic acids is 1. The lowest BCUT2D eigenvalue weighted by Gasteiger charge is -2.29. The molecular weight excluding hydrogens is 332 g/mol. The third-order valence-electron chi connectivity index (χ3n) is 5.07. The maximum Gasteiger partial charge on any atom is 0.322 e. The normalized spacial score (nSPS) is 16.1. The second-order valence-corrected chi connectivity index (χ2v) is 6.99. The Labute approximate surface area is 152 Å². The monoisotopic (exact) mass is 356 g/mol. The number of fused-ring (bicyclic) bond motifs is 1. The molecule has 1 aliphatic heterocycles. The number of amides is 2. The van der Waals surface area contributed by atoms with Crippen molar-refractivity contribution in [1.29, 1.82) is 0 Å². The number of ether oxygens (including phenoxy) is 2. The summed E-state index contributed by atoms with van der Waals surface area (Å²) in [6.45, 7) is 2.70. The summed E-state index contributed by atoms with van der Waals surface area (Å²) in [5, 5.41) is 7.33. The number of nitrogens with one attached hydrogen (secondary N) is 1. The van der Waals surface area contributed by atoms with Gasteiger partial charge in [-0.2, -0.15) is 5.10 Å². The van der Waals surface area contributed by atoms with E-state index in [-0.39, 0.29) is 18.9 Å². The molecule has 1 fully saturated rings. The fraction of sp³-hybridized carbons (Fsp3) is 0.474. The van der Waals surface area contributed by atoms with Gasteiger partial charge in [0, 0.05) is 25.8 Å². The number of aryl methyl sites for hydroxylation is 2. The van der Waals surface area contributed by atoms with E-state index in [1.807, 2.05) is 43.3 Å². The van der Waals surface area contributed by atoms with Gasteiger partial charge >= 0.3 is 6.03 Å². The highest BCUT2D eigenvalue weighted by Gasteiger charge is 2.28. The minimum atomic E-state index is -0.0781. The van der Waals surface area contributed by atoms with Crippen LogP contribution in [0.1, 0.15) is 36.9 Å². The lowest BCUT2D eigenvalue weighted by Crippen LogP contribution is -2.41. The topological polar surface area (TPSA) is 68.6 Å². The summed E-state index contributed by atoms with van der Waals surface area (Å²) >= 11 is 0. The van der Waals surface area contributed by atoms with E-state index in [4.69, 9.17) is 9.47 Å². The molecule has 1 aliphatic carbocycles. The van der Waals surface area contributed by atoms with Crippen LogP contribution in [-0.4, -0.2) is 33.5 Å². The Morgan fingerprint density at radius 1 is 1.31 bits per heavy atom. The zero-order valence-corrected chi connectivity index (χ0v) is 15.2. The lowest BCUT2D eigenvalue weighted by atomic mass is 10.1. The Balaban J connectivity index is 1.54. The molecule has 4 rings (SSSR count). The molecule has 2 amide bonds. The highest BCUT2D eigenvalue weighted by atomic mass is 16.7. The third kappa shape index (κ3) is 3.34. The summed E-state index contributed by atoms with van der Waals surface area (Å²) in [6, 6.07) is 6.06. The molecule has 26 heavy (non-hydrogen) atoms. The van der Waals surface area contributed by atoms with Crippen LogP contribution in [0.4, 0.5) is 10.5 Å². The molecule has 0 saturated heterocycles. The maximum atomic E-state index is 13.0. The number of hydrogen-bond donors (Lipinski definition) is 1. The molecule has 138 valence electrons. The van der Waals surface area contributed by atoms with Crippen molar-refractivity contribution in [3.05, 3.63) is 35.7 Å². The van der Waals surface area contributed by atoms with Crippen LogP contribution in [0.2, 0.25) is 0 Å². The van der Waals surface area contributed by atoms with Gasteiger partial charge in [-0.3, -0.25) is 4.68 Å². The Morgan fingerprint density at radius 2 is 2.08 bits per heavy atom. The largest absolute Gasteiger partial charge is 0.454 e. The number of urea groups is 1. The zero-order valence-electron chi connectivity index (χ0n) is 15.2. The quantitative estimate of drug-likeness (QED) is 0.911. The van der Waals surface area contributed by atoms with Gasteiger partial charge in [-0.05, 0) is 37.5 Å². The van der Waals surface area contributed by atoms with Gasteiger partial charge in [-0.25, -0.2) is 4.79 Å². The van der Waals surface area contributed by atoms with Gasteiger partial charge < -0.3 is 19.7 Å². The molecule has 0 atom stereocenters. The number of nitrogens with zero attached hydrogens (tertiary/aromatic N) is 3. The van der Waals surface area contributed by atoms with Crippen LogP contribution >= 0.6 is 0 Å². The predicted molar refractivity (Wildman–Crippen MR) is 97.3 cm³/mol. The van der Waals surface area contributed by atoms with Crippen molar-refractivity contribution in [3.8, 4) is 11.5 Å². The summed E-state index contributed by atoms with van der Waals surface area (Å²) in [7, 11) is 1.85. The lowest BCUT2D eigenvalue weighted by molar-refractivity contribution is 0.173. The first-order valence-electron chi connectivity index (χ1n) is 9.06. The van der Waals surface area contributed by atoms with Crippen LogP contribution in [0.5, 0.6) is 11.5 Å². The molecule has 2 aliphatic rings. The van der Waals surface area contributed by atoms with E-state index < -0.39 is 0 Å². The minimum Gasteiger partial charge on any atom is -0.454 e. The first kappa shape index (κ1) is 16.8. The summed E-state index contributed by atoms with van der Waals surface area (Å²) < 4.78 is 12.6. The van der Waals surface area contributed by atoms with E-state index in [0.29, 0.717) is 6.54 Å². The smallest absolute Gasteiger partial charge is 0.322 e. The second-order valence-electron chi connectivity index (χ2n) is 6.99. The highest BCUT2D eigenvalue weighted by Crippen LogP contribution is 2.34. The number of anilines is 1. The standard InChI is InChI=1S/C19H24N4O3/c1-13-16(11-22(2)21-13)20-19(24)23(15-5-3-4-6-15)10-14-7-8-17-18(9-14)26-12-25-17/h7-9,11,15H,3-6,10,12H2,1-2H3,(H,20,24). The van der Waals surface area contributed by atoms with E-state index in [1.54, 1.807) is 4.68 Å². The van der Waals surface area contributed by atoms with Crippen molar-refractivity contribution in [2.24, 2.45) is 7.05 Å². The van der Waals surface area contributed by atoms with Crippen LogP contribution in [0.25, 0.3) is 0 Å². The van der Waals surface area contributed by atoms with Crippen LogP contribution in [0, 0.1) is 6.92 Å². The van der Waals surface area contributed by atoms with E-state index in [2.05, 4.69) is 10.4 Å². The van der Waals surface area contributed by atoms with Crippen LogP contribution in [0.3, 0.4) is 0 Å². The molecule has 0 radical (unpaired) electrons. The van der Waals surface area contributed by atoms with Gasteiger partial charge in [0.15, 0.2) is 11.5 Å². The maximum absolute atomic E-state index is 13.0. The minimum absolute atomic E-state index is 0.0781. The van der Waals surface area contributed by atoms with Gasteiger partial charge in [0.1, 0.15) is 0 Å². The molecule has 0 spiro atoms. The van der Waals surface area contributed by atoms with E-state index >= 15 is 0 Å². The number of rotatable bonds is 4. The number of aromatic nitrogens is 2. The second kappa shape index (κ2) is 6.90. The van der Waals surface area contributed by atoms with Crippen molar-refractivity contribution >= 4 is 11.7 Å². The fourth-order valence-electron chi connectivity index (χ4n) is 3.73. The molecule has 0 unspecified atom stereocenters. The average molecular weight is 356 g/mol. The van der Waals surface area contributed by atoms with E-state index in [9.17, 15) is 4.79 Å². The molecule has 2 heterocycles. The van der Waals surface area contributed by atoms with Crippen molar-refractivity contribution in [3.63, 3.8) is 0 Å². The molecule has 7 nitrogen and oxygen atoms in total. The Morgan fingerprint density at radius 3 is 2.81 bits per heavy atom. The van der Waals surface area contributed by atoms with Crippen LogP contribution in [-0.2, 0) is 13.6 Å². The number of carbonyl (C=O) groups is 1. The molecule has 1 aromatic heterocycles. The molecule has 0 bridgehead atoms. The average Bonchev–Trinajstić information content (AvgIpc) is 3.34. The SMILES string of the molecule is Cc1nn(C)cc1NC(=O)N(Cc1ccc2c(c1)OCO2)C1CCCC1. The first-order valence-corrected chi connectivity index (χ1v) is 9.06. The van der Waals surface area contributed by atoms with Crippen molar-refractivity contribution in [1.82, 2.24) is 14.7 Å². The predicted octanol–water partition coefficient (Wildman–Crippen LogP) is 3.43. The molecular formula is C19H24N4O3. The van der Waals surface area contributed by atoms with E-state index in [0.717, 1.165) is 41.3 Å². The third-order valence-corrected chi connectivity index (χ3v) is 5.07. The summed E-state index contributed by atoms with van der Waals surface area (Å²) in [4.78, 5) is 15.0. The van der Waals surface area contributed by atoms with Crippen LogP contribution < -0.4 is 14.8 Å². The molecule has 7 heteroatoms. The Kier molecular flexibility index (Phi) is 4.44.